The second-order valence-electron chi connectivity index (χ2n) is 8.32. The average Bonchev–Trinajstić information content (AvgIpc) is 3.45. The summed E-state index contributed by atoms with van der Waals surface area (Å²) in [6, 6.07) is 24.3. The highest BCUT2D eigenvalue weighted by atomic mass is 32.2. The lowest BCUT2D eigenvalue weighted by Crippen LogP contribution is -2.39. The number of esters is 1. The molecule has 3 aromatic carbocycles. The van der Waals surface area contributed by atoms with Gasteiger partial charge in [-0.3, -0.25) is 9.10 Å². The van der Waals surface area contributed by atoms with Crippen molar-refractivity contribution in [3.05, 3.63) is 102 Å². The van der Waals surface area contributed by atoms with Gasteiger partial charge in [0, 0.05) is 5.56 Å². The quantitative estimate of drug-likeness (QED) is 0.163. The number of sulfonamides is 1. The van der Waals surface area contributed by atoms with Gasteiger partial charge in [-0.15, -0.1) is 0 Å². The van der Waals surface area contributed by atoms with Crippen LogP contribution in [0.3, 0.4) is 0 Å². The highest BCUT2D eigenvalue weighted by Gasteiger charge is 2.27. The molecule has 0 bridgehead atoms. The van der Waals surface area contributed by atoms with Crippen LogP contribution in [0.2, 0.25) is 0 Å². The number of hydrogen-bond acceptors (Lipinski definition) is 8. The van der Waals surface area contributed by atoms with Gasteiger partial charge in [0.15, 0.2) is 0 Å². The highest BCUT2D eigenvalue weighted by Crippen LogP contribution is 2.26. The molecule has 0 spiro atoms. The number of anilines is 1. The third kappa shape index (κ3) is 6.75. The van der Waals surface area contributed by atoms with Gasteiger partial charge in [0.25, 0.3) is 15.9 Å². The zero-order chi connectivity index (χ0) is 28.5. The van der Waals surface area contributed by atoms with Crippen LogP contribution in [0.5, 0.6) is 5.75 Å². The fourth-order valence-electron chi connectivity index (χ4n) is 3.68. The Labute approximate surface area is 231 Å². The van der Waals surface area contributed by atoms with E-state index in [0.717, 1.165) is 9.87 Å². The van der Waals surface area contributed by atoms with Crippen molar-refractivity contribution in [2.24, 2.45) is 5.10 Å². The maximum Gasteiger partial charge on any atom is 0.338 e. The normalized spacial score (nSPS) is 11.2. The van der Waals surface area contributed by atoms with E-state index in [4.69, 9.17) is 13.9 Å². The molecule has 1 amide bonds. The molecule has 0 saturated carbocycles. The zero-order valence-electron chi connectivity index (χ0n) is 21.8. The van der Waals surface area contributed by atoms with Gasteiger partial charge in [-0.2, -0.15) is 5.10 Å². The van der Waals surface area contributed by atoms with E-state index in [-0.39, 0.29) is 10.6 Å². The van der Waals surface area contributed by atoms with E-state index >= 15 is 0 Å². The highest BCUT2D eigenvalue weighted by molar-refractivity contribution is 7.92. The number of amides is 1. The van der Waals surface area contributed by atoms with E-state index in [0.29, 0.717) is 29.4 Å². The number of hydrogen-bond donors (Lipinski definition) is 1. The molecule has 0 atom stereocenters. The molecule has 0 radical (unpaired) electrons. The van der Waals surface area contributed by atoms with Gasteiger partial charge in [0.05, 0.1) is 36.1 Å². The number of methoxy groups -OCH3 is 1. The largest absolute Gasteiger partial charge is 0.497 e. The van der Waals surface area contributed by atoms with E-state index in [1.807, 2.05) is 0 Å². The molecule has 206 valence electrons. The molecular formula is C29H27N3O7S. The smallest absolute Gasteiger partial charge is 0.338 e. The Morgan fingerprint density at radius 1 is 0.950 bits per heavy atom. The minimum atomic E-state index is -4.05. The molecule has 0 saturated heterocycles. The van der Waals surface area contributed by atoms with Crippen LogP contribution < -0.4 is 14.5 Å². The molecule has 1 heterocycles. The summed E-state index contributed by atoms with van der Waals surface area (Å²) < 4.78 is 43.7. The maximum absolute atomic E-state index is 13.4. The molecule has 4 aromatic rings. The van der Waals surface area contributed by atoms with Crippen LogP contribution in [-0.4, -0.2) is 46.8 Å². The van der Waals surface area contributed by atoms with Gasteiger partial charge < -0.3 is 13.9 Å². The fraction of sp³-hybridized carbons (Fsp3) is 0.138. The summed E-state index contributed by atoms with van der Waals surface area (Å²) in [5.74, 6) is 0.367. The Balaban J connectivity index is 1.45. The average molecular weight is 562 g/mol. The molecule has 0 aliphatic rings. The number of carbonyl (C=O) groups excluding carboxylic acids is 2. The number of furan rings is 1. The zero-order valence-corrected chi connectivity index (χ0v) is 22.6. The number of ether oxygens (including phenoxy) is 2. The summed E-state index contributed by atoms with van der Waals surface area (Å²) in [4.78, 5) is 24.6. The van der Waals surface area contributed by atoms with Gasteiger partial charge >= 0.3 is 5.97 Å². The maximum atomic E-state index is 13.4. The lowest BCUT2D eigenvalue weighted by molar-refractivity contribution is -0.119. The molecule has 0 unspecified atom stereocenters. The van der Waals surface area contributed by atoms with Crippen LogP contribution in [0.25, 0.3) is 11.3 Å². The standard InChI is InChI=1S/C29H27N3O7S/c1-3-38-29(34)22-11-9-21(10-12-22)27-18-17-25(39-27)19-30-31-28(33)20-32(23-13-15-24(37-2)16-14-23)40(35,36)26-7-5-4-6-8-26/h4-19H,3,20H2,1-2H3,(H,31,33)/b30-19-. The van der Waals surface area contributed by atoms with Crippen molar-refractivity contribution >= 4 is 33.8 Å². The molecule has 10 nitrogen and oxygen atoms in total. The fourth-order valence-corrected chi connectivity index (χ4v) is 5.12. The predicted octanol–water partition coefficient (Wildman–Crippen LogP) is 4.48. The topological polar surface area (TPSA) is 128 Å². The summed E-state index contributed by atoms with van der Waals surface area (Å²) in [5.41, 5.74) is 3.80. The Morgan fingerprint density at radius 2 is 1.65 bits per heavy atom. The lowest BCUT2D eigenvalue weighted by Gasteiger charge is -2.23. The van der Waals surface area contributed by atoms with E-state index in [2.05, 4.69) is 10.5 Å². The molecule has 1 aromatic heterocycles. The Morgan fingerprint density at radius 3 is 2.30 bits per heavy atom. The van der Waals surface area contributed by atoms with Gasteiger partial charge in [0.2, 0.25) is 0 Å². The van der Waals surface area contributed by atoms with Crippen LogP contribution in [0, 0.1) is 0 Å². The predicted molar refractivity (Wildman–Crippen MR) is 150 cm³/mol. The van der Waals surface area contributed by atoms with Crippen molar-refractivity contribution in [3.63, 3.8) is 0 Å². The summed E-state index contributed by atoms with van der Waals surface area (Å²) >= 11 is 0. The number of hydrazone groups is 1. The summed E-state index contributed by atoms with van der Waals surface area (Å²) in [5, 5.41) is 3.91. The van der Waals surface area contributed by atoms with Crippen molar-refractivity contribution in [1.29, 1.82) is 0 Å². The van der Waals surface area contributed by atoms with E-state index in [9.17, 15) is 18.0 Å². The number of nitrogens with one attached hydrogen (secondary N) is 1. The van der Waals surface area contributed by atoms with Gasteiger partial charge in [0.1, 0.15) is 23.8 Å². The van der Waals surface area contributed by atoms with Crippen LogP contribution in [-0.2, 0) is 19.6 Å². The molecule has 0 aliphatic carbocycles. The summed E-state index contributed by atoms with van der Waals surface area (Å²) in [6.07, 6.45) is 1.30. The van der Waals surface area contributed by atoms with E-state index in [1.165, 1.54) is 25.5 Å². The Hall–Kier alpha value is -4.90. The Kier molecular flexibility index (Phi) is 8.97. The van der Waals surface area contributed by atoms with Crippen molar-refractivity contribution in [2.75, 3.05) is 24.6 Å². The van der Waals surface area contributed by atoms with E-state index < -0.39 is 28.4 Å². The first-order chi connectivity index (χ1) is 19.3. The van der Waals surface area contributed by atoms with Crippen LogP contribution in [0.4, 0.5) is 5.69 Å². The van der Waals surface area contributed by atoms with Crippen molar-refractivity contribution in [2.45, 2.75) is 11.8 Å². The second-order valence-corrected chi connectivity index (χ2v) is 10.2. The minimum Gasteiger partial charge on any atom is -0.497 e. The third-order valence-corrected chi connectivity index (χ3v) is 7.46. The summed E-state index contributed by atoms with van der Waals surface area (Å²) in [7, 11) is -2.55. The molecular weight excluding hydrogens is 534 g/mol. The number of nitrogens with zero attached hydrogens (tertiary/aromatic N) is 2. The molecule has 0 aliphatic heterocycles. The molecule has 40 heavy (non-hydrogen) atoms. The number of carbonyl (C=O) groups is 2. The second kappa shape index (κ2) is 12.8. The molecule has 4 rings (SSSR count). The molecule has 0 fully saturated rings. The van der Waals surface area contributed by atoms with Gasteiger partial charge in [-0.05, 0) is 67.6 Å². The third-order valence-electron chi connectivity index (χ3n) is 5.67. The number of rotatable bonds is 11. The van der Waals surface area contributed by atoms with E-state index in [1.54, 1.807) is 85.8 Å². The van der Waals surface area contributed by atoms with Gasteiger partial charge in [-0.1, -0.05) is 30.3 Å². The van der Waals surface area contributed by atoms with Crippen LogP contribution in [0.1, 0.15) is 23.0 Å². The first kappa shape index (κ1) is 28.1. The first-order valence-corrected chi connectivity index (χ1v) is 13.7. The van der Waals surface area contributed by atoms with Crippen LogP contribution in [0.15, 0.2) is 105 Å². The monoisotopic (exact) mass is 561 g/mol. The number of benzene rings is 3. The van der Waals surface area contributed by atoms with Crippen LogP contribution >= 0.6 is 0 Å². The van der Waals surface area contributed by atoms with Crippen molar-refractivity contribution in [1.82, 2.24) is 5.43 Å². The molecule has 1 N–H and O–H groups in total. The van der Waals surface area contributed by atoms with Gasteiger partial charge in [-0.25, -0.2) is 18.6 Å². The van der Waals surface area contributed by atoms with Crippen molar-refractivity contribution < 1.29 is 31.9 Å². The minimum absolute atomic E-state index is 0.0422. The van der Waals surface area contributed by atoms with Crippen molar-refractivity contribution in [3.8, 4) is 17.1 Å². The SMILES string of the molecule is CCOC(=O)c1ccc(-c2ccc(/C=N\NC(=O)CN(c3ccc(OC)cc3)S(=O)(=O)c3ccccc3)o2)cc1. The Bertz CT molecular complexity index is 1580. The summed E-state index contributed by atoms with van der Waals surface area (Å²) in [6.45, 7) is 1.52. The first-order valence-electron chi connectivity index (χ1n) is 12.2. The lowest BCUT2D eigenvalue weighted by atomic mass is 10.1. The molecule has 11 heteroatoms.